The second kappa shape index (κ2) is 5.79. The first-order valence-electron chi connectivity index (χ1n) is 6.45. The number of rotatable bonds is 5. The highest BCUT2D eigenvalue weighted by Gasteiger charge is 2.29. The highest BCUT2D eigenvalue weighted by Crippen LogP contribution is 2.36. The molecule has 0 unspecified atom stereocenters. The van der Waals surface area contributed by atoms with Gasteiger partial charge in [0.2, 0.25) is 10.0 Å². The molecule has 0 saturated carbocycles. The van der Waals surface area contributed by atoms with Crippen LogP contribution in [0.4, 0.5) is 5.69 Å². The van der Waals surface area contributed by atoms with Crippen molar-refractivity contribution in [2.45, 2.75) is 19.8 Å². The summed E-state index contributed by atoms with van der Waals surface area (Å²) in [6, 6.07) is 5.12. The fourth-order valence-electron chi connectivity index (χ4n) is 2.29. The van der Waals surface area contributed by atoms with E-state index in [-0.39, 0.29) is 18.1 Å². The van der Waals surface area contributed by atoms with Crippen molar-refractivity contribution in [2.75, 3.05) is 29.8 Å². The number of aromatic hydroxyl groups is 1. The van der Waals surface area contributed by atoms with Crippen molar-refractivity contribution < 1.29 is 18.3 Å². The number of phenols is 1. The summed E-state index contributed by atoms with van der Waals surface area (Å²) in [5, 5.41) is 9.92. The number of phenolic OH excluding ortho intramolecular Hbond substituents is 1. The lowest BCUT2D eigenvalue weighted by Gasteiger charge is -2.30. The molecule has 6 heteroatoms. The molecule has 0 saturated heterocycles. The van der Waals surface area contributed by atoms with E-state index in [1.807, 2.05) is 13.0 Å². The van der Waals surface area contributed by atoms with Gasteiger partial charge in [0.1, 0.15) is 5.75 Å². The van der Waals surface area contributed by atoms with Crippen LogP contribution in [0.25, 0.3) is 0 Å². The minimum absolute atomic E-state index is 0.0252. The van der Waals surface area contributed by atoms with Gasteiger partial charge >= 0.3 is 0 Å². The molecule has 1 aliphatic heterocycles. The van der Waals surface area contributed by atoms with E-state index in [1.165, 1.54) is 10.4 Å². The molecule has 19 heavy (non-hydrogen) atoms. The number of sulfonamides is 1. The number of benzene rings is 1. The lowest BCUT2D eigenvalue weighted by Crippen LogP contribution is -2.38. The monoisotopic (exact) mass is 285 g/mol. The molecule has 1 aromatic rings. The summed E-state index contributed by atoms with van der Waals surface area (Å²) in [4.78, 5) is 0. The van der Waals surface area contributed by atoms with Gasteiger partial charge in [-0.2, -0.15) is 0 Å². The number of para-hydroxylation sites is 1. The lowest BCUT2D eigenvalue weighted by atomic mass is 10.0. The molecule has 0 amide bonds. The Morgan fingerprint density at radius 1 is 1.42 bits per heavy atom. The molecule has 1 N–H and O–H groups in total. The molecular weight excluding hydrogens is 266 g/mol. The van der Waals surface area contributed by atoms with Crippen molar-refractivity contribution in [1.29, 1.82) is 0 Å². The second-order valence-electron chi connectivity index (χ2n) is 4.47. The zero-order valence-corrected chi connectivity index (χ0v) is 11.8. The van der Waals surface area contributed by atoms with Crippen molar-refractivity contribution in [3.05, 3.63) is 23.8 Å². The molecule has 106 valence electrons. The molecule has 0 bridgehead atoms. The molecule has 1 aliphatic rings. The number of hydrogen-bond acceptors (Lipinski definition) is 4. The lowest BCUT2D eigenvalue weighted by molar-refractivity contribution is 0.163. The molecule has 2 rings (SSSR count). The fraction of sp³-hybridized carbons (Fsp3) is 0.538. The Morgan fingerprint density at radius 2 is 2.21 bits per heavy atom. The number of nitrogens with zero attached hydrogens (tertiary/aromatic N) is 1. The van der Waals surface area contributed by atoms with Gasteiger partial charge in [-0.3, -0.25) is 4.31 Å². The van der Waals surface area contributed by atoms with Gasteiger partial charge in [-0.25, -0.2) is 8.42 Å². The first-order valence-corrected chi connectivity index (χ1v) is 8.06. The van der Waals surface area contributed by atoms with Crippen molar-refractivity contribution in [3.63, 3.8) is 0 Å². The Labute approximate surface area is 113 Å². The molecular formula is C13H19NO4S. The van der Waals surface area contributed by atoms with Gasteiger partial charge in [0.15, 0.2) is 0 Å². The van der Waals surface area contributed by atoms with Crippen LogP contribution in [0.3, 0.4) is 0 Å². The van der Waals surface area contributed by atoms with Crippen molar-refractivity contribution in [3.8, 4) is 5.75 Å². The largest absolute Gasteiger partial charge is 0.506 e. The Kier molecular flexibility index (Phi) is 4.31. The van der Waals surface area contributed by atoms with Crippen LogP contribution >= 0.6 is 0 Å². The topological polar surface area (TPSA) is 66.8 Å². The summed E-state index contributed by atoms with van der Waals surface area (Å²) in [6.45, 7) is 2.92. The van der Waals surface area contributed by atoms with E-state index in [1.54, 1.807) is 6.07 Å². The quantitative estimate of drug-likeness (QED) is 0.833. The Balaban J connectivity index is 2.28. The third-order valence-electron chi connectivity index (χ3n) is 3.18. The number of aryl methyl sites for hydroxylation is 1. The van der Waals surface area contributed by atoms with Gasteiger partial charge in [-0.1, -0.05) is 12.1 Å². The van der Waals surface area contributed by atoms with Gasteiger partial charge in [-0.15, -0.1) is 0 Å². The summed E-state index contributed by atoms with van der Waals surface area (Å²) in [6.07, 6.45) is 1.56. The van der Waals surface area contributed by atoms with Crippen LogP contribution in [0, 0.1) is 0 Å². The smallest absolute Gasteiger partial charge is 0.237 e. The molecule has 0 spiro atoms. The van der Waals surface area contributed by atoms with Gasteiger partial charge in [0.05, 0.1) is 18.0 Å². The highest BCUT2D eigenvalue weighted by molar-refractivity contribution is 7.92. The summed E-state index contributed by atoms with van der Waals surface area (Å²) in [7, 11) is -3.44. The minimum atomic E-state index is -3.44. The SMILES string of the molecule is CCOCCS(=O)(=O)N1CCCc2cccc(O)c21. The van der Waals surface area contributed by atoms with E-state index < -0.39 is 10.0 Å². The predicted molar refractivity (Wildman–Crippen MR) is 74.1 cm³/mol. The first-order chi connectivity index (χ1) is 9.06. The van der Waals surface area contributed by atoms with Crippen molar-refractivity contribution in [1.82, 2.24) is 0 Å². The van der Waals surface area contributed by atoms with E-state index in [0.29, 0.717) is 18.8 Å². The third-order valence-corrected chi connectivity index (χ3v) is 4.90. The normalized spacial score (nSPS) is 15.3. The van der Waals surface area contributed by atoms with Gasteiger partial charge in [0, 0.05) is 13.2 Å². The second-order valence-corrected chi connectivity index (χ2v) is 6.49. The Bertz CT molecular complexity index is 542. The minimum Gasteiger partial charge on any atom is -0.506 e. The molecule has 0 radical (unpaired) electrons. The van der Waals surface area contributed by atoms with E-state index in [0.717, 1.165) is 18.4 Å². The van der Waals surface area contributed by atoms with Gasteiger partial charge < -0.3 is 9.84 Å². The summed E-state index contributed by atoms with van der Waals surface area (Å²) < 4.78 is 31.1. The zero-order chi connectivity index (χ0) is 13.9. The molecule has 5 nitrogen and oxygen atoms in total. The van der Waals surface area contributed by atoms with Crippen LogP contribution in [-0.2, 0) is 21.2 Å². The summed E-state index contributed by atoms with van der Waals surface area (Å²) >= 11 is 0. The van der Waals surface area contributed by atoms with E-state index in [4.69, 9.17) is 4.74 Å². The van der Waals surface area contributed by atoms with E-state index in [9.17, 15) is 13.5 Å². The van der Waals surface area contributed by atoms with Crippen LogP contribution in [0.5, 0.6) is 5.75 Å². The fourth-order valence-corrected chi connectivity index (χ4v) is 3.73. The average molecular weight is 285 g/mol. The molecule has 0 fully saturated rings. The van der Waals surface area contributed by atoms with Gasteiger partial charge in [0.25, 0.3) is 0 Å². The number of ether oxygens (including phenoxy) is 1. The first kappa shape index (κ1) is 14.1. The highest BCUT2D eigenvalue weighted by atomic mass is 32.2. The number of hydrogen-bond donors (Lipinski definition) is 1. The summed E-state index contributed by atoms with van der Waals surface area (Å²) in [5.41, 5.74) is 1.32. The average Bonchev–Trinajstić information content (AvgIpc) is 2.38. The molecule has 0 aliphatic carbocycles. The predicted octanol–water partition coefficient (Wildman–Crippen LogP) is 1.51. The van der Waals surface area contributed by atoms with Crippen molar-refractivity contribution in [2.24, 2.45) is 0 Å². The van der Waals surface area contributed by atoms with E-state index >= 15 is 0 Å². The maximum atomic E-state index is 12.3. The van der Waals surface area contributed by atoms with Crippen LogP contribution in [0.1, 0.15) is 18.9 Å². The zero-order valence-electron chi connectivity index (χ0n) is 11.0. The van der Waals surface area contributed by atoms with Crippen LogP contribution < -0.4 is 4.31 Å². The van der Waals surface area contributed by atoms with Crippen LogP contribution in [-0.4, -0.2) is 39.0 Å². The molecule has 0 aromatic heterocycles. The summed E-state index contributed by atoms with van der Waals surface area (Å²) in [5.74, 6) is -0.0357. The Morgan fingerprint density at radius 3 is 2.95 bits per heavy atom. The molecule has 0 atom stereocenters. The maximum Gasteiger partial charge on any atom is 0.237 e. The third kappa shape index (κ3) is 3.01. The molecule has 1 heterocycles. The van der Waals surface area contributed by atoms with Gasteiger partial charge in [-0.05, 0) is 31.4 Å². The maximum absolute atomic E-state index is 12.3. The van der Waals surface area contributed by atoms with E-state index in [2.05, 4.69) is 0 Å². The van der Waals surface area contributed by atoms with Crippen molar-refractivity contribution >= 4 is 15.7 Å². The van der Waals surface area contributed by atoms with Crippen LogP contribution in [0.15, 0.2) is 18.2 Å². The molecule has 1 aromatic carbocycles. The number of fused-ring (bicyclic) bond motifs is 1. The van der Waals surface area contributed by atoms with Crippen LogP contribution in [0.2, 0.25) is 0 Å². The Hall–Kier alpha value is -1.27. The number of anilines is 1. The standard InChI is InChI=1S/C13H19NO4S/c1-2-18-9-10-19(16,17)14-8-4-6-11-5-3-7-12(15)13(11)14/h3,5,7,15H,2,4,6,8-10H2,1H3.